The van der Waals surface area contributed by atoms with Gasteiger partial charge in [0.1, 0.15) is 5.75 Å². The van der Waals surface area contributed by atoms with Crippen LogP contribution in [0.3, 0.4) is 0 Å². The number of hydrogen-bond acceptors (Lipinski definition) is 6. The summed E-state index contributed by atoms with van der Waals surface area (Å²) in [7, 11) is -3.68. The van der Waals surface area contributed by atoms with E-state index in [9.17, 15) is 13.2 Å². The van der Waals surface area contributed by atoms with E-state index < -0.39 is 10.0 Å². The second-order valence-corrected chi connectivity index (χ2v) is 10.2. The van der Waals surface area contributed by atoms with Gasteiger partial charge in [-0.3, -0.25) is 4.79 Å². The molecular formula is C26H31N3O5S. The van der Waals surface area contributed by atoms with Gasteiger partial charge in [0.15, 0.2) is 6.61 Å². The molecule has 0 aliphatic carbocycles. The number of anilines is 2. The highest BCUT2D eigenvalue weighted by molar-refractivity contribution is 7.89. The number of fused-ring (bicyclic) bond motifs is 1. The molecule has 1 heterocycles. The molecule has 1 aliphatic heterocycles. The van der Waals surface area contributed by atoms with Crippen molar-refractivity contribution < 1.29 is 22.7 Å². The first kappa shape index (κ1) is 25.0. The zero-order valence-electron chi connectivity index (χ0n) is 20.1. The van der Waals surface area contributed by atoms with Crippen LogP contribution >= 0.6 is 0 Å². The van der Waals surface area contributed by atoms with E-state index in [4.69, 9.17) is 9.47 Å². The van der Waals surface area contributed by atoms with Crippen molar-refractivity contribution in [3.63, 3.8) is 0 Å². The van der Waals surface area contributed by atoms with Gasteiger partial charge in [0.2, 0.25) is 10.0 Å². The highest BCUT2D eigenvalue weighted by Gasteiger charge is 2.25. The maximum atomic E-state index is 13.1. The summed E-state index contributed by atoms with van der Waals surface area (Å²) in [4.78, 5) is 15.1. The van der Waals surface area contributed by atoms with Gasteiger partial charge in [-0.2, -0.15) is 4.31 Å². The van der Waals surface area contributed by atoms with Crippen molar-refractivity contribution >= 4 is 38.1 Å². The Balaban J connectivity index is 1.55. The molecule has 1 aliphatic rings. The van der Waals surface area contributed by atoms with Gasteiger partial charge in [0.05, 0.1) is 29.5 Å². The maximum absolute atomic E-state index is 13.1. The van der Waals surface area contributed by atoms with Crippen molar-refractivity contribution in [1.82, 2.24) is 4.31 Å². The summed E-state index contributed by atoms with van der Waals surface area (Å²) < 4.78 is 38.8. The highest BCUT2D eigenvalue weighted by atomic mass is 32.2. The van der Waals surface area contributed by atoms with Crippen molar-refractivity contribution in [2.24, 2.45) is 0 Å². The Labute approximate surface area is 206 Å². The number of amides is 1. The molecule has 3 aromatic carbocycles. The average molecular weight is 498 g/mol. The standard InChI is InChI=1S/C26H31N3O5S/c1-3-29(4-2)35(31,32)23-11-12-25(28-13-15-33-16-14-28)24(18-23)27-26(30)19-34-22-10-9-20-7-5-6-8-21(20)17-22/h5-12,17-18H,3-4,13-16,19H2,1-2H3,(H,27,30). The third-order valence-corrected chi connectivity index (χ3v) is 8.07. The van der Waals surface area contributed by atoms with Crippen molar-refractivity contribution in [2.45, 2.75) is 18.7 Å². The van der Waals surface area contributed by atoms with Crippen LogP contribution in [0.4, 0.5) is 11.4 Å². The van der Waals surface area contributed by atoms with Gasteiger partial charge in [0, 0.05) is 26.2 Å². The summed E-state index contributed by atoms with van der Waals surface area (Å²) in [5.41, 5.74) is 1.19. The molecule has 0 bridgehead atoms. The minimum atomic E-state index is -3.68. The summed E-state index contributed by atoms with van der Waals surface area (Å²) in [6.45, 7) is 6.57. The monoisotopic (exact) mass is 497 g/mol. The maximum Gasteiger partial charge on any atom is 0.262 e. The van der Waals surface area contributed by atoms with Crippen LogP contribution in [-0.2, 0) is 19.6 Å². The van der Waals surface area contributed by atoms with Crippen LogP contribution in [0.15, 0.2) is 65.6 Å². The zero-order chi connectivity index (χ0) is 24.8. The van der Waals surface area contributed by atoms with E-state index in [-0.39, 0.29) is 17.4 Å². The Morgan fingerprint density at radius 3 is 2.43 bits per heavy atom. The molecule has 0 spiro atoms. The van der Waals surface area contributed by atoms with Gasteiger partial charge in [-0.15, -0.1) is 0 Å². The largest absolute Gasteiger partial charge is 0.484 e. The predicted octanol–water partition coefficient (Wildman–Crippen LogP) is 3.72. The lowest BCUT2D eigenvalue weighted by atomic mass is 10.1. The molecule has 3 aromatic rings. The van der Waals surface area contributed by atoms with E-state index in [2.05, 4.69) is 10.2 Å². The molecule has 186 valence electrons. The fraction of sp³-hybridized carbons (Fsp3) is 0.346. The van der Waals surface area contributed by atoms with Crippen molar-refractivity contribution in [3.05, 3.63) is 60.7 Å². The van der Waals surface area contributed by atoms with E-state index in [1.54, 1.807) is 26.0 Å². The van der Waals surface area contributed by atoms with E-state index in [0.29, 0.717) is 50.8 Å². The second kappa shape index (κ2) is 11.1. The van der Waals surface area contributed by atoms with E-state index in [1.807, 2.05) is 42.5 Å². The molecule has 35 heavy (non-hydrogen) atoms. The number of benzene rings is 3. The number of nitrogens with zero attached hydrogens (tertiary/aromatic N) is 2. The van der Waals surface area contributed by atoms with Crippen LogP contribution in [0.2, 0.25) is 0 Å². The number of rotatable bonds is 9. The lowest BCUT2D eigenvalue weighted by Gasteiger charge is -2.31. The van der Waals surface area contributed by atoms with Gasteiger partial charge in [0.25, 0.3) is 5.91 Å². The summed E-state index contributed by atoms with van der Waals surface area (Å²) in [6.07, 6.45) is 0. The molecular weight excluding hydrogens is 466 g/mol. The SMILES string of the molecule is CCN(CC)S(=O)(=O)c1ccc(N2CCOCC2)c(NC(=O)COc2ccc3ccccc3c2)c1. The molecule has 0 radical (unpaired) electrons. The zero-order valence-corrected chi connectivity index (χ0v) is 20.9. The number of nitrogens with one attached hydrogen (secondary N) is 1. The molecule has 9 heteroatoms. The molecule has 8 nitrogen and oxygen atoms in total. The fourth-order valence-corrected chi connectivity index (χ4v) is 5.65. The minimum absolute atomic E-state index is 0.143. The van der Waals surface area contributed by atoms with Gasteiger partial charge in [-0.25, -0.2) is 8.42 Å². The Hall–Kier alpha value is -3.14. The number of carbonyl (C=O) groups excluding carboxylic acids is 1. The van der Waals surface area contributed by atoms with Crippen LogP contribution in [-0.4, -0.2) is 64.6 Å². The molecule has 4 rings (SSSR count). The summed E-state index contributed by atoms with van der Waals surface area (Å²) in [5, 5.41) is 4.98. The van der Waals surface area contributed by atoms with E-state index in [1.165, 1.54) is 10.4 Å². The van der Waals surface area contributed by atoms with Gasteiger partial charge in [-0.1, -0.05) is 44.2 Å². The third kappa shape index (κ3) is 5.75. The van der Waals surface area contributed by atoms with Gasteiger partial charge < -0.3 is 19.7 Å². The number of hydrogen-bond donors (Lipinski definition) is 1. The molecule has 1 amide bonds. The Kier molecular flexibility index (Phi) is 7.90. The molecule has 0 saturated carbocycles. The highest BCUT2D eigenvalue weighted by Crippen LogP contribution is 2.31. The third-order valence-electron chi connectivity index (χ3n) is 6.03. The molecule has 1 N–H and O–H groups in total. The van der Waals surface area contributed by atoms with E-state index >= 15 is 0 Å². The minimum Gasteiger partial charge on any atom is -0.484 e. The molecule has 0 aromatic heterocycles. The number of carbonyl (C=O) groups is 1. The topological polar surface area (TPSA) is 88.2 Å². The smallest absolute Gasteiger partial charge is 0.262 e. The number of morpholine rings is 1. The molecule has 0 atom stereocenters. The number of ether oxygens (including phenoxy) is 2. The Morgan fingerprint density at radius 2 is 1.71 bits per heavy atom. The Morgan fingerprint density at radius 1 is 1.00 bits per heavy atom. The van der Waals surface area contributed by atoms with Crippen LogP contribution in [0.5, 0.6) is 5.75 Å². The fourth-order valence-electron chi connectivity index (χ4n) is 4.16. The quantitative estimate of drug-likeness (QED) is 0.485. The summed E-state index contributed by atoms with van der Waals surface area (Å²) in [6, 6.07) is 18.5. The van der Waals surface area contributed by atoms with Crippen molar-refractivity contribution in [2.75, 3.05) is 56.2 Å². The van der Waals surface area contributed by atoms with Crippen LogP contribution in [0.1, 0.15) is 13.8 Å². The number of sulfonamides is 1. The Bertz CT molecular complexity index is 1290. The predicted molar refractivity (Wildman–Crippen MR) is 138 cm³/mol. The first-order chi connectivity index (χ1) is 16.9. The second-order valence-electron chi connectivity index (χ2n) is 8.21. The van der Waals surface area contributed by atoms with E-state index in [0.717, 1.165) is 16.5 Å². The molecule has 0 unspecified atom stereocenters. The first-order valence-electron chi connectivity index (χ1n) is 11.8. The van der Waals surface area contributed by atoms with Crippen molar-refractivity contribution in [3.8, 4) is 5.75 Å². The van der Waals surface area contributed by atoms with Crippen LogP contribution in [0, 0.1) is 0 Å². The molecule has 1 fully saturated rings. The van der Waals surface area contributed by atoms with Gasteiger partial charge in [-0.05, 0) is 41.1 Å². The van der Waals surface area contributed by atoms with Crippen LogP contribution in [0.25, 0.3) is 10.8 Å². The summed E-state index contributed by atoms with van der Waals surface area (Å²) >= 11 is 0. The average Bonchev–Trinajstić information content (AvgIpc) is 2.88. The first-order valence-corrected chi connectivity index (χ1v) is 13.2. The lowest BCUT2D eigenvalue weighted by Crippen LogP contribution is -2.37. The molecule has 1 saturated heterocycles. The lowest BCUT2D eigenvalue weighted by molar-refractivity contribution is -0.118. The summed E-state index contributed by atoms with van der Waals surface area (Å²) in [5.74, 6) is 0.218. The normalized spacial score (nSPS) is 14.3. The van der Waals surface area contributed by atoms with Crippen molar-refractivity contribution in [1.29, 1.82) is 0 Å². The van der Waals surface area contributed by atoms with Crippen LogP contribution < -0.4 is 15.0 Å². The van der Waals surface area contributed by atoms with Gasteiger partial charge >= 0.3 is 0 Å².